The molecule has 1 aromatic carbocycles. The van der Waals surface area contributed by atoms with Gasteiger partial charge >= 0.3 is 0 Å². The molecule has 0 amide bonds. The zero-order chi connectivity index (χ0) is 17.2. The Morgan fingerprint density at radius 3 is 1.25 bits per heavy atom. The van der Waals surface area contributed by atoms with E-state index in [-0.39, 0.29) is 0 Å². The summed E-state index contributed by atoms with van der Waals surface area (Å²) in [7, 11) is 4.52. The topological polar surface area (TPSA) is 34.1 Å². The van der Waals surface area contributed by atoms with E-state index in [0.717, 1.165) is 73.9 Å². The van der Waals surface area contributed by atoms with Gasteiger partial charge in [0, 0.05) is 11.1 Å². The van der Waals surface area contributed by atoms with Crippen molar-refractivity contribution >= 4 is 11.6 Å². The van der Waals surface area contributed by atoms with Gasteiger partial charge in [-0.1, -0.05) is 24.3 Å². The molecule has 4 heteroatoms. The Balaban J connectivity index is 1.59. The number of Topliss-reactive ketones (excluding diaryl/α,β-unsaturated/α-hetero) is 2. The second kappa shape index (κ2) is 6.77. The Morgan fingerprint density at radius 2 is 0.958 bits per heavy atom. The highest BCUT2D eigenvalue weighted by Gasteiger charge is 2.30. The van der Waals surface area contributed by atoms with Gasteiger partial charge in [0.15, 0.2) is 0 Å². The summed E-state index contributed by atoms with van der Waals surface area (Å²) >= 11 is 0. The number of rotatable bonds is 4. The standard InChI is InChI=1S/C20H30N2O2/c1-21(11-7-19(23)8-12-21)15-17-3-5-18(6-4-17)16-22(2)13-9-20(24)10-14-22/h3-6H,7-16H2,1-2H3/q+2. The highest BCUT2D eigenvalue weighted by atomic mass is 16.1. The van der Waals surface area contributed by atoms with Gasteiger partial charge < -0.3 is 8.97 Å². The van der Waals surface area contributed by atoms with Gasteiger partial charge in [-0.05, 0) is 0 Å². The minimum Gasteiger partial charge on any atom is -0.322 e. The molecule has 3 rings (SSSR count). The van der Waals surface area contributed by atoms with Gasteiger partial charge in [0.2, 0.25) is 0 Å². The zero-order valence-electron chi connectivity index (χ0n) is 15.1. The predicted octanol–water partition coefficient (Wildman–Crippen LogP) is 2.31. The van der Waals surface area contributed by atoms with E-state index in [4.69, 9.17) is 0 Å². The molecule has 4 nitrogen and oxygen atoms in total. The summed E-state index contributed by atoms with van der Waals surface area (Å²) in [4.78, 5) is 22.9. The van der Waals surface area contributed by atoms with Crippen molar-refractivity contribution < 1.29 is 18.6 Å². The molecule has 0 radical (unpaired) electrons. The molecule has 2 saturated heterocycles. The van der Waals surface area contributed by atoms with E-state index in [9.17, 15) is 9.59 Å². The van der Waals surface area contributed by atoms with E-state index >= 15 is 0 Å². The van der Waals surface area contributed by atoms with Crippen molar-refractivity contribution in [1.82, 2.24) is 0 Å². The maximum Gasteiger partial charge on any atom is 0.144 e. The number of piperidine rings is 2. The first-order valence-corrected chi connectivity index (χ1v) is 9.14. The van der Waals surface area contributed by atoms with Gasteiger partial charge in [-0.3, -0.25) is 9.59 Å². The summed E-state index contributed by atoms with van der Waals surface area (Å²) in [5, 5.41) is 0. The van der Waals surface area contributed by atoms with Gasteiger partial charge in [0.1, 0.15) is 24.7 Å². The lowest BCUT2D eigenvalue weighted by atomic mass is 10.0. The third kappa shape index (κ3) is 4.31. The molecule has 0 aromatic heterocycles. The monoisotopic (exact) mass is 330 g/mol. The molecule has 0 bridgehead atoms. The van der Waals surface area contributed by atoms with Crippen LogP contribution in [0, 0.1) is 0 Å². The van der Waals surface area contributed by atoms with E-state index in [1.54, 1.807) is 0 Å². The van der Waals surface area contributed by atoms with Crippen LogP contribution in [0.4, 0.5) is 0 Å². The van der Waals surface area contributed by atoms with Crippen molar-refractivity contribution in [2.45, 2.75) is 38.8 Å². The Bertz CT molecular complexity index is 546. The molecule has 0 atom stereocenters. The van der Waals surface area contributed by atoms with Gasteiger partial charge in [-0.15, -0.1) is 0 Å². The van der Waals surface area contributed by atoms with Crippen molar-refractivity contribution in [1.29, 1.82) is 0 Å². The van der Waals surface area contributed by atoms with Crippen LogP contribution in [0.15, 0.2) is 24.3 Å². The summed E-state index contributed by atoms with van der Waals surface area (Å²) in [5.41, 5.74) is 2.71. The lowest BCUT2D eigenvalue weighted by molar-refractivity contribution is -0.924. The smallest absolute Gasteiger partial charge is 0.144 e. The van der Waals surface area contributed by atoms with Gasteiger partial charge in [-0.25, -0.2) is 0 Å². The number of carbonyl (C=O) groups excluding carboxylic acids is 2. The van der Waals surface area contributed by atoms with Crippen molar-refractivity contribution in [2.24, 2.45) is 0 Å². The van der Waals surface area contributed by atoms with Gasteiger partial charge in [-0.2, -0.15) is 0 Å². The number of hydrogen-bond donors (Lipinski definition) is 0. The van der Waals surface area contributed by atoms with Crippen LogP contribution in [0.1, 0.15) is 36.8 Å². The Labute approximate surface area is 145 Å². The van der Waals surface area contributed by atoms with E-state index in [1.807, 2.05) is 0 Å². The van der Waals surface area contributed by atoms with Crippen molar-refractivity contribution in [3.8, 4) is 0 Å². The SMILES string of the molecule is C[N+]1(Cc2ccc(C[N+]3(C)CCC(=O)CC3)cc2)CCC(=O)CC1. The van der Waals surface area contributed by atoms with Crippen LogP contribution >= 0.6 is 0 Å². The van der Waals surface area contributed by atoms with Gasteiger partial charge in [0.05, 0.1) is 66.0 Å². The van der Waals surface area contributed by atoms with Crippen molar-refractivity contribution in [2.75, 3.05) is 40.3 Å². The number of nitrogens with zero attached hydrogens (tertiary/aromatic N) is 2. The molecule has 2 heterocycles. The molecule has 0 unspecified atom stereocenters. The van der Waals surface area contributed by atoms with Crippen LogP contribution in [0.5, 0.6) is 0 Å². The maximum absolute atomic E-state index is 11.5. The lowest BCUT2D eigenvalue weighted by Gasteiger charge is -2.38. The first-order valence-electron chi connectivity index (χ1n) is 9.14. The predicted molar refractivity (Wildman–Crippen MR) is 94.2 cm³/mol. The van der Waals surface area contributed by atoms with Crippen LogP contribution in [0.25, 0.3) is 0 Å². The quantitative estimate of drug-likeness (QED) is 0.794. The molecule has 1 aromatic rings. The molecule has 2 fully saturated rings. The third-order valence-electron chi connectivity index (χ3n) is 5.87. The van der Waals surface area contributed by atoms with E-state index < -0.39 is 0 Å². The molecule has 0 N–H and O–H groups in total. The summed E-state index contributed by atoms with van der Waals surface area (Å²) in [6.07, 6.45) is 2.90. The molecular formula is C20H30N2O2+2. The van der Waals surface area contributed by atoms with E-state index in [1.165, 1.54) is 11.1 Å². The minimum atomic E-state index is 0.415. The second-order valence-corrected chi connectivity index (χ2v) is 8.34. The number of carbonyl (C=O) groups is 2. The molecule has 24 heavy (non-hydrogen) atoms. The van der Waals surface area contributed by atoms with Crippen LogP contribution in [0.3, 0.4) is 0 Å². The number of benzene rings is 1. The Kier molecular flexibility index (Phi) is 4.88. The number of ketones is 2. The van der Waals surface area contributed by atoms with Crippen LogP contribution in [-0.2, 0) is 22.7 Å². The Hall–Kier alpha value is -1.52. The molecule has 2 aliphatic heterocycles. The second-order valence-electron chi connectivity index (χ2n) is 8.34. The highest BCUT2D eigenvalue weighted by Crippen LogP contribution is 2.21. The molecule has 0 saturated carbocycles. The third-order valence-corrected chi connectivity index (χ3v) is 5.87. The minimum absolute atomic E-state index is 0.415. The fraction of sp³-hybridized carbons (Fsp3) is 0.600. The molecular weight excluding hydrogens is 300 g/mol. The largest absolute Gasteiger partial charge is 0.322 e. The average Bonchev–Trinajstić information content (AvgIpc) is 2.56. The Morgan fingerprint density at radius 1 is 0.667 bits per heavy atom. The van der Waals surface area contributed by atoms with E-state index in [2.05, 4.69) is 38.4 Å². The number of hydrogen-bond acceptors (Lipinski definition) is 2. The summed E-state index contributed by atoms with van der Waals surface area (Å²) in [5.74, 6) is 0.829. The van der Waals surface area contributed by atoms with Gasteiger partial charge in [0.25, 0.3) is 0 Å². The first-order chi connectivity index (χ1) is 11.4. The summed E-state index contributed by atoms with van der Waals surface area (Å²) < 4.78 is 1.95. The molecule has 0 spiro atoms. The normalized spacial score (nSPS) is 23.2. The van der Waals surface area contributed by atoms with E-state index in [0.29, 0.717) is 11.6 Å². The maximum atomic E-state index is 11.5. The molecule has 130 valence electrons. The van der Waals surface area contributed by atoms with Crippen LogP contribution in [0.2, 0.25) is 0 Å². The fourth-order valence-electron chi connectivity index (χ4n) is 4.00. The molecule has 2 aliphatic rings. The fourth-order valence-corrected chi connectivity index (χ4v) is 4.00. The lowest BCUT2D eigenvalue weighted by Crippen LogP contribution is -2.49. The summed E-state index contributed by atoms with van der Waals surface area (Å²) in [6.45, 7) is 5.86. The number of quaternary nitrogens is 2. The first kappa shape index (κ1) is 17.3. The highest BCUT2D eigenvalue weighted by molar-refractivity contribution is 5.79. The average molecular weight is 330 g/mol. The zero-order valence-corrected chi connectivity index (χ0v) is 15.1. The van der Waals surface area contributed by atoms with Crippen molar-refractivity contribution in [3.63, 3.8) is 0 Å². The molecule has 0 aliphatic carbocycles. The van der Waals surface area contributed by atoms with Crippen LogP contribution < -0.4 is 0 Å². The van der Waals surface area contributed by atoms with Crippen LogP contribution in [-0.4, -0.2) is 60.8 Å². The summed E-state index contributed by atoms with van der Waals surface area (Å²) in [6, 6.07) is 8.99. The van der Waals surface area contributed by atoms with Crippen molar-refractivity contribution in [3.05, 3.63) is 35.4 Å². The number of likely N-dealkylation sites (tertiary alicyclic amines) is 2.